The Hall–Kier alpha value is -1.08. The highest BCUT2D eigenvalue weighted by Gasteiger charge is 2.25. The summed E-state index contributed by atoms with van der Waals surface area (Å²) in [6.45, 7) is 8.78. The van der Waals surface area contributed by atoms with Crippen molar-refractivity contribution in [3.8, 4) is 0 Å². The second kappa shape index (κ2) is 11.9. The number of allylic oxidation sites excluding steroid dienone is 1. The van der Waals surface area contributed by atoms with Crippen LogP contribution in [0.15, 0.2) is 30.9 Å². The smallest absolute Gasteiger partial charge is 0.00672 e. The molecule has 1 aromatic carbocycles. The Morgan fingerprint density at radius 3 is 2.45 bits per heavy atom. The number of aryl methyl sites for hydroxylation is 2. The Balaban J connectivity index is 0.000000755. The molecule has 0 bridgehead atoms. The van der Waals surface area contributed by atoms with Crippen LogP contribution in [0.4, 0.5) is 0 Å². The van der Waals surface area contributed by atoms with E-state index in [0.717, 1.165) is 23.8 Å². The van der Waals surface area contributed by atoms with Crippen LogP contribution in [-0.2, 0) is 12.8 Å². The molecule has 0 amide bonds. The van der Waals surface area contributed by atoms with Gasteiger partial charge in [0.25, 0.3) is 0 Å². The molecule has 2 saturated carbocycles. The van der Waals surface area contributed by atoms with Crippen LogP contribution in [0.2, 0.25) is 0 Å². The molecule has 1 nitrogen and oxygen atoms in total. The average Bonchev–Trinajstić information content (AvgIpc) is 3.14. The first-order chi connectivity index (χ1) is 14.2. The van der Waals surface area contributed by atoms with Gasteiger partial charge in [0, 0.05) is 6.04 Å². The SMILES string of the molecule is C=CC.Cc1ccc2c(c1)CCC(CC1CCCC(NCC3CCCC3)CC1)C2. The topological polar surface area (TPSA) is 12.0 Å². The molecule has 0 saturated heterocycles. The molecule has 0 radical (unpaired) electrons. The number of benzene rings is 1. The van der Waals surface area contributed by atoms with E-state index >= 15 is 0 Å². The van der Waals surface area contributed by atoms with Gasteiger partial charge in [0.15, 0.2) is 0 Å². The molecule has 1 N–H and O–H groups in total. The third-order valence-electron chi connectivity index (χ3n) is 7.62. The van der Waals surface area contributed by atoms with Crippen molar-refractivity contribution >= 4 is 0 Å². The normalized spacial score (nSPS) is 27.4. The van der Waals surface area contributed by atoms with Crippen molar-refractivity contribution in [2.45, 2.75) is 103 Å². The van der Waals surface area contributed by atoms with E-state index in [0.29, 0.717) is 0 Å². The van der Waals surface area contributed by atoms with Crippen LogP contribution in [0.3, 0.4) is 0 Å². The van der Waals surface area contributed by atoms with Crippen LogP contribution in [0, 0.1) is 24.7 Å². The Morgan fingerprint density at radius 1 is 0.897 bits per heavy atom. The molecule has 162 valence electrons. The standard InChI is InChI=1S/C25H39N.C3H6/c1-19-9-12-24-17-22(10-13-23(24)15-19)16-20-7-4-8-25(14-11-20)26-18-21-5-2-3-6-21;1-3-2/h9,12,15,20-22,25-26H,2-8,10-11,13-14,16-18H2,1H3;3H,1H2,2H3. The maximum absolute atomic E-state index is 3.95. The zero-order valence-electron chi connectivity index (χ0n) is 19.2. The average molecular weight is 396 g/mol. The molecular formula is C28H45N. The number of nitrogens with one attached hydrogen (secondary N) is 1. The molecule has 0 aromatic heterocycles. The zero-order valence-corrected chi connectivity index (χ0v) is 19.2. The van der Waals surface area contributed by atoms with E-state index in [1.165, 1.54) is 95.6 Å². The molecule has 0 heterocycles. The largest absolute Gasteiger partial charge is 0.314 e. The Labute approximate surface area is 180 Å². The highest BCUT2D eigenvalue weighted by molar-refractivity contribution is 5.33. The predicted octanol–water partition coefficient (Wildman–Crippen LogP) is 7.41. The molecule has 29 heavy (non-hydrogen) atoms. The van der Waals surface area contributed by atoms with E-state index in [1.807, 2.05) is 6.92 Å². The number of hydrogen-bond donors (Lipinski definition) is 1. The number of rotatable bonds is 5. The fraction of sp³-hybridized carbons (Fsp3) is 0.714. The summed E-state index contributed by atoms with van der Waals surface area (Å²) in [7, 11) is 0. The molecule has 3 unspecified atom stereocenters. The van der Waals surface area contributed by atoms with Gasteiger partial charge in [-0.05, 0) is 107 Å². The molecule has 1 heteroatoms. The van der Waals surface area contributed by atoms with E-state index in [2.05, 4.69) is 37.0 Å². The van der Waals surface area contributed by atoms with Crippen LogP contribution >= 0.6 is 0 Å². The summed E-state index contributed by atoms with van der Waals surface area (Å²) in [6, 6.07) is 7.97. The summed E-state index contributed by atoms with van der Waals surface area (Å²) < 4.78 is 0. The molecule has 2 fully saturated rings. The van der Waals surface area contributed by atoms with Gasteiger partial charge in [-0.15, -0.1) is 6.58 Å². The van der Waals surface area contributed by atoms with Crippen LogP contribution in [0.25, 0.3) is 0 Å². The Bertz CT molecular complexity index is 613. The highest BCUT2D eigenvalue weighted by Crippen LogP contribution is 2.35. The van der Waals surface area contributed by atoms with Gasteiger partial charge in [0.05, 0.1) is 0 Å². The molecule has 0 spiro atoms. The fourth-order valence-corrected chi connectivity index (χ4v) is 6.00. The van der Waals surface area contributed by atoms with E-state index in [-0.39, 0.29) is 0 Å². The highest BCUT2D eigenvalue weighted by atomic mass is 14.9. The molecule has 1 aromatic rings. The summed E-state index contributed by atoms with van der Waals surface area (Å²) in [5.74, 6) is 2.92. The van der Waals surface area contributed by atoms with Crippen LogP contribution in [-0.4, -0.2) is 12.6 Å². The van der Waals surface area contributed by atoms with Crippen molar-refractivity contribution in [3.05, 3.63) is 47.5 Å². The van der Waals surface area contributed by atoms with Crippen LogP contribution in [0.1, 0.15) is 94.2 Å². The molecule has 3 aliphatic rings. The van der Waals surface area contributed by atoms with Gasteiger partial charge in [-0.3, -0.25) is 0 Å². The third kappa shape index (κ3) is 7.28. The first-order valence-corrected chi connectivity index (χ1v) is 12.6. The molecule has 3 atom stereocenters. The Kier molecular flexibility index (Phi) is 9.31. The monoisotopic (exact) mass is 395 g/mol. The Morgan fingerprint density at radius 2 is 1.66 bits per heavy atom. The predicted molar refractivity (Wildman–Crippen MR) is 128 cm³/mol. The first-order valence-electron chi connectivity index (χ1n) is 12.6. The second-order valence-electron chi connectivity index (χ2n) is 10.2. The van der Waals surface area contributed by atoms with Crippen molar-refractivity contribution in [1.82, 2.24) is 5.32 Å². The minimum Gasteiger partial charge on any atom is -0.314 e. The lowest BCUT2D eigenvalue weighted by molar-refractivity contribution is 0.311. The van der Waals surface area contributed by atoms with Gasteiger partial charge in [-0.2, -0.15) is 0 Å². The van der Waals surface area contributed by atoms with Gasteiger partial charge in [0.2, 0.25) is 0 Å². The van der Waals surface area contributed by atoms with Crippen molar-refractivity contribution in [2.75, 3.05) is 6.54 Å². The first kappa shape index (κ1) is 22.6. The van der Waals surface area contributed by atoms with Gasteiger partial charge >= 0.3 is 0 Å². The molecular weight excluding hydrogens is 350 g/mol. The quantitative estimate of drug-likeness (QED) is 0.404. The maximum atomic E-state index is 3.95. The van der Waals surface area contributed by atoms with Crippen LogP contribution in [0.5, 0.6) is 0 Å². The summed E-state index contributed by atoms with van der Waals surface area (Å²) in [5.41, 5.74) is 4.72. The third-order valence-corrected chi connectivity index (χ3v) is 7.62. The van der Waals surface area contributed by atoms with Gasteiger partial charge < -0.3 is 5.32 Å². The van der Waals surface area contributed by atoms with Gasteiger partial charge in [-0.25, -0.2) is 0 Å². The summed E-state index contributed by atoms with van der Waals surface area (Å²) >= 11 is 0. The second-order valence-corrected chi connectivity index (χ2v) is 10.2. The minimum atomic E-state index is 0.815. The lowest BCUT2D eigenvalue weighted by Crippen LogP contribution is -2.32. The van der Waals surface area contributed by atoms with Gasteiger partial charge in [-0.1, -0.05) is 55.5 Å². The molecule has 4 rings (SSSR count). The van der Waals surface area contributed by atoms with Crippen molar-refractivity contribution < 1.29 is 0 Å². The van der Waals surface area contributed by atoms with Crippen molar-refractivity contribution in [1.29, 1.82) is 0 Å². The fourth-order valence-electron chi connectivity index (χ4n) is 6.00. The van der Waals surface area contributed by atoms with E-state index in [9.17, 15) is 0 Å². The summed E-state index contributed by atoms with van der Waals surface area (Å²) in [6.07, 6.45) is 20.5. The van der Waals surface area contributed by atoms with E-state index < -0.39 is 0 Å². The summed E-state index contributed by atoms with van der Waals surface area (Å²) in [5, 5.41) is 3.95. The maximum Gasteiger partial charge on any atom is 0.00672 e. The van der Waals surface area contributed by atoms with Crippen molar-refractivity contribution in [2.24, 2.45) is 17.8 Å². The van der Waals surface area contributed by atoms with Gasteiger partial charge in [0.1, 0.15) is 0 Å². The van der Waals surface area contributed by atoms with E-state index in [1.54, 1.807) is 17.2 Å². The lowest BCUT2D eigenvalue weighted by atomic mass is 9.77. The van der Waals surface area contributed by atoms with E-state index in [4.69, 9.17) is 0 Å². The summed E-state index contributed by atoms with van der Waals surface area (Å²) in [4.78, 5) is 0. The lowest BCUT2D eigenvalue weighted by Gasteiger charge is -2.28. The molecule has 0 aliphatic heterocycles. The zero-order chi connectivity index (χ0) is 20.5. The minimum absolute atomic E-state index is 0.815. The molecule has 3 aliphatic carbocycles. The van der Waals surface area contributed by atoms with Crippen molar-refractivity contribution in [3.63, 3.8) is 0 Å². The number of fused-ring (bicyclic) bond motifs is 1. The van der Waals surface area contributed by atoms with Crippen LogP contribution < -0.4 is 5.32 Å². The number of hydrogen-bond acceptors (Lipinski definition) is 1.